The monoisotopic (exact) mass is 367 g/mol. The van der Waals surface area contributed by atoms with Crippen LogP contribution in [0.2, 0.25) is 0 Å². The molecule has 0 aliphatic rings. The molecule has 0 spiro atoms. The lowest BCUT2D eigenvalue weighted by Gasteiger charge is -2.13. The quantitative estimate of drug-likeness (QED) is 0.350. The summed E-state index contributed by atoms with van der Waals surface area (Å²) >= 11 is 0. The molecule has 4 N–H and O–H groups in total. The van der Waals surface area contributed by atoms with Gasteiger partial charge in [-0.15, -0.1) is 0 Å². The van der Waals surface area contributed by atoms with E-state index in [0.29, 0.717) is 25.1 Å². The molecule has 1 rings (SSSR count). The van der Waals surface area contributed by atoms with E-state index in [4.69, 9.17) is 5.11 Å². The van der Waals surface area contributed by atoms with E-state index in [1.54, 1.807) is 6.92 Å². The average molecular weight is 367 g/mol. The third-order valence-electron chi connectivity index (χ3n) is 3.58. The van der Waals surface area contributed by atoms with E-state index in [1.807, 2.05) is 0 Å². The van der Waals surface area contributed by atoms with E-state index >= 15 is 0 Å². The lowest BCUT2D eigenvalue weighted by atomic mass is 10.2. The molecule has 8 nitrogen and oxygen atoms in total. The highest BCUT2D eigenvalue weighted by atomic mass is 18.2. The van der Waals surface area contributed by atoms with Crippen LogP contribution in [0.15, 0.2) is 18.3 Å². The van der Waals surface area contributed by atoms with Gasteiger partial charge in [-0.3, -0.25) is 9.59 Å². The zero-order valence-corrected chi connectivity index (χ0v) is 14.8. The number of hydrogen-bond donors (Lipinski definition) is 4. The van der Waals surface area contributed by atoms with Gasteiger partial charge in [-0.25, -0.2) is 9.78 Å². The first-order valence-electron chi connectivity index (χ1n) is 8.54. The van der Waals surface area contributed by atoms with Crippen molar-refractivity contribution < 1.29 is 23.9 Å². The molecule has 26 heavy (non-hydrogen) atoms. The SMILES string of the molecule is C[C@H](CCC(=O)O)NC(=O)NCCCCCNC(=O)c1ccc([18F])nc1. The van der Waals surface area contributed by atoms with Gasteiger partial charge >= 0.3 is 12.0 Å². The third kappa shape index (κ3) is 9.55. The number of rotatable bonds is 11. The van der Waals surface area contributed by atoms with Gasteiger partial charge in [-0.1, -0.05) is 0 Å². The standard InChI is InChI=1S/C17H25FN4O4/c1-12(5-8-15(23)24)22-17(26)20-10-4-2-3-9-19-16(25)13-6-7-14(18)21-11-13/h6-7,11-12H,2-5,8-10H2,1H3,(H,19,25)(H,23,24)(H2,20,22,26)/t12-/m1/s1/i18-1. The molecule has 0 unspecified atom stereocenters. The van der Waals surface area contributed by atoms with Crippen LogP contribution in [-0.4, -0.2) is 47.1 Å². The predicted molar refractivity (Wildman–Crippen MR) is 93.2 cm³/mol. The highest BCUT2D eigenvalue weighted by Gasteiger charge is 2.08. The smallest absolute Gasteiger partial charge is 0.314 e. The fourth-order valence-electron chi connectivity index (χ4n) is 2.13. The van der Waals surface area contributed by atoms with Crippen molar-refractivity contribution in [2.24, 2.45) is 0 Å². The van der Waals surface area contributed by atoms with Crippen molar-refractivity contribution in [3.05, 3.63) is 29.8 Å². The van der Waals surface area contributed by atoms with Crippen LogP contribution in [0.5, 0.6) is 0 Å². The molecule has 0 aliphatic heterocycles. The highest BCUT2D eigenvalue weighted by molar-refractivity contribution is 5.93. The second kappa shape index (κ2) is 11.8. The molecule has 0 aliphatic carbocycles. The number of amides is 3. The summed E-state index contributed by atoms with van der Waals surface area (Å²) in [6.07, 6.45) is 3.90. The van der Waals surface area contributed by atoms with Crippen LogP contribution in [0.3, 0.4) is 0 Å². The molecule has 0 radical (unpaired) electrons. The average Bonchev–Trinajstić information content (AvgIpc) is 2.59. The molecule has 1 heterocycles. The van der Waals surface area contributed by atoms with Crippen LogP contribution in [0.4, 0.5) is 9.18 Å². The van der Waals surface area contributed by atoms with Crippen LogP contribution in [-0.2, 0) is 4.79 Å². The molecule has 0 bridgehead atoms. The highest BCUT2D eigenvalue weighted by Crippen LogP contribution is 2.00. The number of nitrogens with zero attached hydrogens (tertiary/aromatic N) is 1. The van der Waals surface area contributed by atoms with Gasteiger partial charge in [-0.05, 0) is 44.7 Å². The Morgan fingerprint density at radius 1 is 1.15 bits per heavy atom. The number of halogens is 1. The summed E-state index contributed by atoms with van der Waals surface area (Å²) in [6, 6.07) is 1.98. The molecule has 144 valence electrons. The van der Waals surface area contributed by atoms with Crippen LogP contribution in [0, 0.1) is 5.95 Å². The molecule has 9 heteroatoms. The number of carboxylic acids is 1. The summed E-state index contributed by atoms with van der Waals surface area (Å²) in [6.45, 7) is 2.73. The molecule has 1 atom stereocenters. The first-order chi connectivity index (χ1) is 12.4. The maximum atomic E-state index is 12.7. The van der Waals surface area contributed by atoms with Crippen LogP contribution < -0.4 is 16.0 Å². The minimum atomic E-state index is -0.887. The topological polar surface area (TPSA) is 120 Å². The van der Waals surface area contributed by atoms with Crippen molar-refractivity contribution in [1.29, 1.82) is 0 Å². The normalized spacial score (nSPS) is 11.5. The molecular formula is C17H25FN4O4. The first kappa shape index (κ1) is 21.3. The summed E-state index contributed by atoms with van der Waals surface area (Å²) in [7, 11) is 0. The van der Waals surface area contributed by atoms with Crippen molar-refractivity contribution in [1.82, 2.24) is 20.9 Å². The Balaban J connectivity index is 2.03. The summed E-state index contributed by atoms with van der Waals surface area (Å²) < 4.78 is 12.7. The zero-order valence-electron chi connectivity index (χ0n) is 14.8. The lowest BCUT2D eigenvalue weighted by molar-refractivity contribution is -0.137. The Morgan fingerprint density at radius 2 is 1.85 bits per heavy atom. The number of aliphatic carboxylic acids is 1. The van der Waals surface area contributed by atoms with E-state index < -0.39 is 11.9 Å². The van der Waals surface area contributed by atoms with Crippen molar-refractivity contribution in [2.45, 2.75) is 45.1 Å². The van der Waals surface area contributed by atoms with Gasteiger partial charge < -0.3 is 21.1 Å². The van der Waals surface area contributed by atoms with Crippen LogP contribution in [0.1, 0.15) is 49.4 Å². The van der Waals surface area contributed by atoms with Gasteiger partial charge in [0.05, 0.1) is 5.56 Å². The van der Waals surface area contributed by atoms with Crippen molar-refractivity contribution >= 4 is 17.9 Å². The second-order valence-electron chi connectivity index (χ2n) is 5.92. The lowest BCUT2D eigenvalue weighted by Crippen LogP contribution is -2.41. The van der Waals surface area contributed by atoms with Crippen LogP contribution in [0.25, 0.3) is 0 Å². The largest absolute Gasteiger partial charge is 0.481 e. The number of pyridine rings is 1. The van der Waals surface area contributed by atoms with E-state index in [1.165, 1.54) is 12.3 Å². The number of aromatic nitrogens is 1. The van der Waals surface area contributed by atoms with E-state index in [0.717, 1.165) is 25.3 Å². The maximum Gasteiger partial charge on any atom is 0.314 e. The molecule has 0 saturated heterocycles. The number of nitrogens with one attached hydrogen (secondary N) is 3. The molecule has 1 aromatic heterocycles. The van der Waals surface area contributed by atoms with Gasteiger partial charge in [0.2, 0.25) is 5.95 Å². The summed E-state index contributed by atoms with van der Waals surface area (Å²) in [5.74, 6) is -1.82. The fourth-order valence-corrected chi connectivity index (χ4v) is 2.13. The number of hydrogen-bond acceptors (Lipinski definition) is 4. The van der Waals surface area contributed by atoms with Crippen molar-refractivity contribution in [2.75, 3.05) is 13.1 Å². The number of carbonyl (C=O) groups excluding carboxylic acids is 2. The van der Waals surface area contributed by atoms with E-state index in [-0.39, 0.29) is 24.4 Å². The van der Waals surface area contributed by atoms with E-state index in [2.05, 4.69) is 20.9 Å². The van der Waals surface area contributed by atoms with Crippen molar-refractivity contribution in [3.63, 3.8) is 0 Å². The van der Waals surface area contributed by atoms with Gasteiger partial charge in [0, 0.05) is 31.7 Å². The van der Waals surface area contributed by atoms with Crippen molar-refractivity contribution in [3.8, 4) is 0 Å². The minimum absolute atomic E-state index is 0.0150. The molecular weight excluding hydrogens is 342 g/mol. The molecule has 0 fully saturated rings. The molecule has 0 saturated carbocycles. The maximum absolute atomic E-state index is 12.7. The molecule has 3 amide bonds. The number of urea groups is 1. The Morgan fingerprint density at radius 3 is 2.46 bits per heavy atom. The van der Waals surface area contributed by atoms with Gasteiger partial charge in [0.1, 0.15) is 0 Å². The Kier molecular flexibility index (Phi) is 9.66. The predicted octanol–water partition coefficient (Wildman–Crippen LogP) is 1.67. The van der Waals surface area contributed by atoms with E-state index in [9.17, 15) is 18.8 Å². The van der Waals surface area contributed by atoms with Gasteiger partial charge in [0.15, 0.2) is 0 Å². The summed E-state index contributed by atoms with van der Waals surface area (Å²) in [4.78, 5) is 37.2. The van der Waals surface area contributed by atoms with Gasteiger partial charge in [-0.2, -0.15) is 4.39 Å². The number of carboxylic acid groups (broad SMARTS) is 1. The summed E-state index contributed by atoms with van der Waals surface area (Å²) in [5, 5.41) is 16.7. The second-order valence-corrected chi connectivity index (χ2v) is 5.92. The Bertz CT molecular complexity index is 595. The van der Waals surface area contributed by atoms with Crippen LogP contribution >= 0.6 is 0 Å². The van der Waals surface area contributed by atoms with Gasteiger partial charge in [0.25, 0.3) is 5.91 Å². The first-order valence-corrected chi connectivity index (χ1v) is 8.54. The number of unbranched alkanes of at least 4 members (excludes halogenated alkanes) is 2. The number of carbonyl (C=O) groups is 3. The molecule has 0 aromatic carbocycles. The Labute approximate surface area is 151 Å². The fraction of sp³-hybridized carbons (Fsp3) is 0.529. The zero-order chi connectivity index (χ0) is 19.4. The minimum Gasteiger partial charge on any atom is -0.481 e. The molecule has 1 aromatic rings. The Hall–Kier alpha value is -2.71. The summed E-state index contributed by atoms with van der Waals surface area (Å²) in [5.41, 5.74) is 0.307. The third-order valence-corrected chi connectivity index (χ3v) is 3.58.